The number of amides is 1. The molecule has 1 amide bonds. The summed E-state index contributed by atoms with van der Waals surface area (Å²) in [5.74, 6) is 0.237. The molecule has 0 aliphatic heterocycles. The number of hydrogen-bond acceptors (Lipinski definition) is 2. The fraction of sp³-hybridized carbons (Fsp3) is 0.562. The number of carbonyl (C=O) groups is 1. The number of nitrogens with two attached hydrogens (primary N) is 1. The van der Waals surface area contributed by atoms with Crippen molar-refractivity contribution >= 4 is 18.3 Å². The van der Waals surface area contributed by atoms with Crippen molar-refractivity contribution < 1.29 is 18.0 Å². The fourth-order valence-electron chi connectivity index (χ4n) is 2.94. The summed E-state index contributed by atoms with van der Waals surface area (Å²) in [7, 11) is 0. The van der Waals surface area contributed by atoms with E-state index in [-0.39, 0.29) is 24.4 Å². The molecule has 3 rings (SSSR count). The summed E-state index contributed by atoms with van der Waals surface area (Å²) >= 11 is 0. The first-order valence-electron chi connectivity index (χ1n) is 7.55. The predicted octanol–water partition coefficient (Wildman–Crippen LogP) is 3.01. The van der Waals surface area contributed by atoms with Gasteiger partial charge in [-0.25, -0.2) is 0 Å². The number of benzene rings is 1. The van der Waals surface area contributed by atoms with Crippen molar-refractivity contribution in [2.24, 2.45) is 11.7 Å². The van der Waals surface area contributed by atoms with Gasteiger partial charge < -0.3 is 11.1 Å². The molecule has 0 heterocycles. The molecule has 1 aromatic carbocycles. The summed E-state index contributed by atoms with van der Waals surface area (Å²) in [5.41, 5.74) is 4.62. The van der Waals surface area contributed by atoms with Crippen LogP contribution >= 0.6 is 12.4 Å². The van der Waals surface area contributed by atoms with Crippen LogP contribution < -0.4 is 11.1 Å². The molecule has 2 fully saturated rings. The van der Waals surface area contributed by atoms with E-state index in [1.807, 2.05) is 0 Å². The van der Waals surface area contributed by atoms with Gasteiger partial charge in [0.15, 0.2) is 0 Å². The van der Waals surface area contributed by atoms with Gasteiger partial charge in [0.1, 0.15) is 0 Å². The monoisotopic (exact) mass is 348 g/mol. The molecule has 7 heteroatoms. The zero-order valence-electron chi connectivity index (χ0n) is 12.5. The number of hydrogen-bond donors (Lipinski definition) is 2. The molecule has 128 valence electrons. The van der Waals surface area contributed by atoms with Crippen LogP contribution in [0.4, 0.5) is 13.2 Å². The van der Waals surface area contributed by atoms with E-state index < -0.39 is 17.2 Å². The molecule has 1 aromatic rings. The maximum absolute atomic E-state index is 12.8. The molecule has 0 radical (unpaired) electrons. The largest absolute Gasteiger partial charge is 0.416 e. The van der Waals surface area contributed by atoms with Gasteiger partial charge in [0.05, 0.1) is 11.0 Å². The highest BCUT2D eigenvalue weighted by molar-refractivity contribution is 5.91. The molecule has 2 aliphatic carbocycles. The highest BCUT2D eigenvalue weighted by Crippen LogP contribution is 2.49. The minimum atomic E-state index is -4.39. The van der Waals surface area contributed by atoms with Crippen LogP contribution in [-0.2, 0) is 16.4 Å². The predicted molar refractivity (Wildman–Crippen MR) is 83.3 cm³/mol. The van der Waals surface area contributed by atoms with Gasteiger partial charge in [-0.3, -0.25) is 4.79 Å². The summed E-state index contributed by atoms with van der Waals surface area (Å²) in [6.07, 6.45) is -1.11. The topological polar surface area (TPSA) is 55.1 Å². The van der Waals surface area contributed by atoms with Crippen molar-refractivity contribution in [1.82, 2.24) is 5.32 Å². The molecule has 0 bridgehead atoms. The van der Waals surface area contributed by atoms with Gasteiger partial charge >= 0.3 is 6.18 Å². The zero-order chi connectivity index (χ0) is 16.0. The second kappa shape index (κ2) is 6.32. The normalized spacial score (nSPS) is 20.3. The van der Waals surface area contributed by atoms with E-state index in [9.17, 15) is 18.0 Å². The van der Waals surface area contributed by atoms with Crippen molar-refractivity contribution in [3.63, 3.8) is 0 Å². The average molecular weight is 349 g/mol. The number of nitrogens with one attached hydrogen (secondary N) is 1. The van der Waals surface area contributed by atoms with E-state index in [0.717, 1.165) is 25.0 Å². The SMILES string of the molecule is Cl.NCC(NC(=O)C1(c2cccc(C(F)(F)F)c2)CC1)C1CC1. The molecule has 0 saturated heterocycles. The molecule has 3 N–H and O–H groups in total. The van der Waals surface area contributed by atoms with E-state index in [0.29, 0.717) is 30.9 Å². The zero-order valence-corrected chi connectivity index (χ0v) is 13.3. The van der Waals surface area contributed by atoms with Gasteiger partial charge in [-0.05, 0) is 43.2 Å². The molecular weight excluding hydrogens is 329 g/mol. The van der Waals surface area contributed by atoms with Gasteiger partial charge in [0.25, 0.3) is 0 Å². The van der Waals surface area contributed by atoms with Gasteiger partial charge in [0.2, 0.25) is 5.91 Å². The Bertz CT molecular complexity index is 583. The van der Waals surface area contributed by atoms with Gasteiger partial charge in [-0.1, -0.05) is 18.2 Å². The lowest BCUT2D eigenvalue weighted by Gasteiger charge is -2.22. The highest BCUT2D eigenvalue weighted by Gasteiger charge is 2.52. The Labute approximate surface area is 139 Å². The van der Waals surface area contributed by atoms with Crippen molar-refractivity contribution in [2.45, 2.75) is 43.3 Å². The van der Waals surface area contributed by atoms with E-state index in [4.69, 9.17) is 5.73 Å². The molecule has 0 aromatic heterocycles. The molecule has 1 unspecified atom stereocenters. The quantitative estimate of drug-likeness (QED) is 0.859. The third-order valence-corrected chi connectivity index (χ3v) is 4.69. The second-order valence-electron chi connectivity index (χ2n) is 6.31. The average Bonchev–Trinajstić information content (AvgIpc) is 3.37. The van der Waals surface area contributed by atoms with E-state index >= 15 is 0 Å². The van der Waals surface area contributed by atoms with E-state index in [1.165, 1.54) is 6.07 Å². The van der Waals surface area contributed by atoms with Crippen LogP contribution in [0.3, 0.4) is 0 Å². The summed E-state index contributed by atoms with van der Waals surface area (Å²) in [6.45, 7) is 0.370. The first kappa shape index (κ1) is 18.1. The Morgan fingerprint density at radius 2 is 2.00 bits per heavy atom. The standard InChI is InChI=1S/C16H19F3N2O.ClH/c17-16(18,19)12-3-1-2-11(8-12)15(6-7-15)14(22)21-13(9-20)10-4-5-10;/h1-3,8,10,13H,4-7,9,20H2,(H,21,22);1H. The smallest absolute Gasteiger partial charge is 0.351 e. The van der Waals surface area contributed by atoms with Crippen LogP contribution in [0.25, 0.3) is 0 Å². The third kappa shape index (κ3) is 3.63. The minimum absolute atomic E-state index is 0. The van der Waals surface area contributed by atoms with E-state index in [2.05, 4.69) is 5.32 Å². The van der Waals surface area contributed by atoms with Crippen molar-refractivity contribution in [1.29, 1.82) is 0 Å². The summed E-state index contributed by atoms with van der Waals surface area (Å²) in [6, 6.07) is 5.05. The van der Waals surface area contributed by atoms with Crippen LogP contribution in [0.15, 0.2) is 24.3 Å². The minimum Gasteiger partial charge on any atom is -0.351 e. The number of alkyl halides is 3. The maximum atomic E-state index is 12.8. The fourth-order valence-corrected chi connectivity index (χ4v) is 2.94. The van der Waals surface area contributed by atoms with Crippen LogP contribution in [0.2, 0.25) is 0 Å². The summed E-state index contributed by atoms with van der Waals surface area (Å²) in [4.78, 5) is 12.5. The first-order chi connectivity index (χ1) is 10.4. The number of rotatable bonds is 5. The lowest BCUT2D eigenvalue weighted by molar-refractivity contribution is -0.137. The van der Waals surface area contributed by atoms with Crippen LogP contribution in [0.1, 0.15) is 36.8 Å². The van der Waals surface area contributed by atoms with Gasteiger partial charge in [-0.15, -0.1) is 12.4 Å². The Morgan fingerprint density at radius 1 is 1.35 bits per heavy atom. The van der Waals surface area contributed by atoms with Crippen molar-refractivity contribution in [2.75, 3.05) is 6.54 Å². The summed E-state index contributed by atoms with van der Waals surface area (Å²) in [5, 5.41) is 2.94. The number of halogens is 4. The van der Waals surface area contributed by atoms with Crippen molar-refractivity contribution in [3.8, 4) is 0 Å². The number of carbonyl (C=O) groups excluding carboxylic acids is 1. The molecule has 23 heavy (non-hydrogen) atoms. The van der Waals surface area contributed by atoms with Crippen LogP contribution in [0.5, 0.6) is 0 Å². The second-order valence-corrected chi connectivity index (χ2v) is 6.31. The highest BCUT2D eigenvalue weighted by atomic mass is 35.5. The Balaban J connectivity index is 0.00000192. The van der Waals surface area contributed by atoms with Crippen LogP contribution in [-0.4, -0.2) is 18.5 Å². The Kier molecular flexibility index (Phi) is 4.97. The first-order valence-corrected chi connectivity index (χ1v) is 7.55. The molecule has 2 saturated carbocycles. The van der Waals surface area contributed by atoms with Gasteiger partial charge in [0, 0.05) is 12.6 Å². The Morgan fingerprint density at radius 3 is 2.48 bits per heavy atom. The molecule has 2 aliphatic rings. The van der Waals surface area contributed by atoms with Crippen molar-refractivity contribution in [3.05, 3.63) is 35.4 Å². The lowest BCUT2D eigenvalue weighted by Crippen LogP contribution is -2.46. The lowest BCUT2D eigenvalue weighted by atomic mass is 9.92. The Hall–Kier alpha value is -1.27. The molecule has 3 nitrogen and oxygen atoms in total. The molecule has 1 atom stereocenters. The molecule has 0 spiro atoms. The summed E-state index contributed by atoms with van der Waals surface area (Å²) < 4.78 is 38.5. The van der Waals surface area contributed by atoms with Crippen LogP contribution in [0, 0.1) is 5.92 Å². The third-order valence-electron chi connectivity index (χ3n) is 4.69. The maximum Gasteiger partial charge on any atom is 0.416 e. The van der Waals surface area contributed by atoms with E-state index in [1.54, 1.807) is 6.07 Å². The molecular formula is C16H20ClF3N2O. The van der Waals surface area contributed by atoms with Gasteiger partial charge in [-0.2, -0.15) is 13.2 Å².